The summed E-state index contributed by atoms with van der Waals surface area (Å²) in [5.74, 6) is -0.974. The molecule has 102 valence electrons. The van der Waals surface area contributed by atoms with Crippen LogP contribution in [0.4, 0.5) is 8.78 Å². The van der Waals surface area contributed by atoms with Crippen LogP contribution in [0.3, 0.4) is 0 Å². The Morgan fingerprint density at radius 2 is 1.95 bits per heavy atom. The molecule has 0 fully saturated rings. The van der Waals surface area contributed by atoms with Gasteiger partial charge in [-0.05, 0) is 24.3 Å². The number of fused-ring (bicyclic) bond motifs is 1. The number of Topliss-reactive ketones (excluding diaryl/α,β-unsaturated/α-hetero) is 1. The first-order valence-corrected chi connectivity index (χ1v) is 6.78. The summed E-state index contributed by atoms with van der Waals surface area (Å²) in [5.41, 5.74) is 0.622. The fourth-order valence-corrected chi connectivity index (χ4v) is 2.57. The summed E-state index contributed by atoms with van der Waals surface area (Å²) in [6.07, 6.45) is -0.693. The van der Waals surface area contributed by atoms with Crippen LogP contribution in [0.5, 0.6) is 5.75 Å². The van der Waals surface area contributed by atoms with Crippen LogP contribution >= 0.6 is 15.9 Å². The zero-order valence-electron chi connectivity index (χ0n) is 10.2. The van der Waals surface area contributed by atoms with Crippen molar-refractivity contribution in [3.63, 3.8) is 0 Å². The molecule has 0 radical (unpaired) electrons. The van der Waals surface area contributed by atoms with Crippen LogP contribution in [-0.2, 0) is 0 Å². The molecule has 5 heteroatoms. The number of rotatable bonds is 1. The lowest BCUT2D eigenvalue weighted by atomic mass is 9.96. The predicted octanol–water partition coefficient (Wildman–Crippen LogP) is 4.43. The van der Waals surface area contributed by atoms with Gasteiger partial charge >= 0.3 is 0 Å². The number of halogens is 3. The van der Waals surface area contributed by atoms with Crippen LogP contribution in [0, 0.1) is 11.6 Å². The second kappa shape index (κ2) is 4.98. The lowest BCUT2D eigenvalue weighted by Crippen LogP contribution is -2.21. The Hall–Kier alpha value is -1.75. The number of carbonyl (C=O) groups excluding carboxylic acids is 1. The molecule has 3 rings (SSSR count). The van der Waals surface area contributed by atoms with Gasteiger partial charge in [0.2, 0.25) is 0 Å². The Morgan fingerprint density at radius 1 is 1.15 bits per heavy atom. The molecule has 1 aliphatic rings. The predicted molar refractivity (Wildman–Crippen MR) is 72.8 cm³/mol. The molecule has 0 aromatic heterocycles. The second-order valence-corrected chi connectivity index (χ2v) is 5.46. The summed E-state index contributed by atoms with van der Waals surface area (Å²) in [4.78, 5) is 12.0. The maximum Gasteiger partial charge on any atom is 0.170 e. The summed E-state index contributed by atoms with van der Waals surface area (Å²) < 4.78 is 33.3. The van der Waals surface area contributed by atoms with Crippen molar-refractivity contribution in [3.8, 4) is 5.75 Å². The number of benzene rings is 2. The average Bonchev–Trinajstić information content (AvgIpc) is 2.37. The molecule has 0 bridgehead atoms. The Bertz CT molecular complexity index is 700. The van der Waals surface area contributed by atoms with E-state index in [9.17, 15) is 13.6 Å². The van der Waals surface area contributed by atoms with Gasteiger partial charge < -0.3 is 4.74 Å². The van der Waals surface area contributed by atoms with E-state index in [0.29, 0.717) is 10.0 Å². The minimum absolute atomic E-state index is 0.0389. The summed E-state index contributed by atoms with van der Waals surface area (Å²) in [5, 5.41) is 0. The van der Waals surface area contributed by atoms with Crippen LogP contribution < -0.4 is 4.74 Å². The zero-order chi connectivity index (χ0) is 14.3. The van der Waals surface area contributed by atoms with E-state index in [2.05, 4.69) is 15.9 Å². The van der Waals surface area contributed by atoms with Crippen molar-refractivity contribution in [3.05, 3.63) is 63.6 Å². The molecule has 0 N–H and O–H groups in total. The standard InChI is InChI=1S/C15H9BrF2O2/c16-8-1-3-10(12(18)5-8)15-7-13(19)11-4-2-9(17)6-14(11)20-15/h1-6,15H,7H2. The quantitative estimate of drug-likeness (QED) is 0.768. The van der Waals surface area contributed by atoms with Crippen LogP contribution in [0.1, 0.15) is 28.4 Å². The van der Waals surface area contributed by atoms with Gasteiger partial charge in [0.25, 0.3) is 0 Å². The first kappa shape index (κ1) is 13.2. The third kappa shape index (κ3) is 2.33. The van der Waals surface area contributed by atoms with Gasteiger partial charge in [-0.2, -0.15) is 0 Å². The molecule has 0 saturated carbocycles. The third-order valence-electron chi connectivity index (χ3n) is 3.19. The first-order valence-electron chi connectivity index (χ1n) is 5.99. The third-order valence-corrected chi connectivity index (χ3v) is 3.69. The first-order chi connectivity index (χ1) is 9.54. The molecule has 1 atom stereocenters. The Labute approximate surface area is 122 Å². The van der Waals surface area contributed by atoms with E-state index in [0.717, 1.165) is 6.07 Å². The smallest absolute Gasteiger partial charge is 0.170 e. The van der Waals surface area contributed by atoms with E-state index >= 15 is 0 Å². The number of carbonyl (C=O) groups is 1. The van der Waals surface area contributed by atoms with Crippen LogP contribution in [0.2, 0.25) is 0 Å². The van der Waals surface area contributed by atoms with E-state index in [4.69, 9.17) is 4.74 Å². The molecule has 2 nitrogen and oxygen atoms in total. The summed E-state index contributed by atoms with van der Waals surface area (Å²) in [7, 11) is 0. The molecule has 1 aliphatic heterocycles. The molecule has 20 heavy (non-hydrogen) atoms. The fraction of sp³-hybridized carbons (Fsp3) is 0.133. The van der Waals surface area contributed by atoms with Gasteiger partial charge in [-0.15, -0.1) is 0 Å². The van der Waals surface area contributed by atoms with Gasteiger partial charge in [0.1, 0.15) is 23.5 Å². The Balaban J connectivity index is 2.00. The monoisotopic (exact) mass is 338 g/mol. The van der Waals surface area contributed by atoms with Crippen LogP contribution in [0.15, 0.2) is 40.9 Å². The Morgan fingerprint density at radius 3 is 2.70 bits per heavy atom. The molecular weight excluding hydrogens is 330 g/mol. The van der Waals surface area contributed by atoms with Crippen molar-refractivity contribution in [1.82, 2.24) is 0 Å². The van der Waals surface area contributed by atoms with Gasteiger partial charge in [-0.25, -0.2) is 8.78 Å². The lowest BCUT2D eigenvalue weighted by molar-refractivity contribution is 0.0845. The average molecular weight is 339 g/mol. The maximum absolute atomic E-state index is 13.9. The molecule has 0 spiro atoms. The van der Waals surface area contributed by atoms with Gasteiger partial charge in [-0.1, -0.05) is 22.0 Å². The van der Waals surface area contributed by atoms with Crippen molar-refractivity contribution in [2.24, 2.45) is 0 Å². The molecule has 2 aromatic carbocycles. The number of hydrogen-bond acceptors (Lipinski definition) is 2. The van der Waals surface area contributed by atoms with Gasteiger partial charge in [0.15, 0.2) is 5.78 Å². The highest BCUT2D eigenvalue weighted by atomic mass is 79.9. The second-order valence-electron chi connectivity index (χ2n) is 4.54. The van der Waals surface area contributed by atoms with Gasteiger partial charge in [-0.3, -0.25) is 4.79 Å². The van der Waals surface area contributed by atoms with Gasteiger partial charge in [0, 0.05) is 16.1 Å². The van der Waals surface area contributed by atoms with Crippen molar-refractivity contribution < 1.29 is 18.3 Å². The normalized spacial score (nSPS) is 17.6. The molecule has 0 aliphatic carbocycles. The van der Waals surface area contributed by atoms with Crippen LogP contribution in [0.25, 0.3) is 0 Å². The minimum atomic E-state index is -0.732. The topological polar surface area (TPSA) is 26.3 Å². The van der Waals surface area contributed by atoms with E-state index < -0.39 is 17.7 Å². The highest BCUT2D eigenvalue weighted by molar-refractivity contribution is 9.10. The van der Waals surface area contributed by atoms with Crippen molar-refractivity contribution in [2.75, 3.05) is 0 Å². The van der Waals surface area contributed by atoms with Crippen molar-refractivity contribution >= 4 is 21.7 Å². The number of hydrogen-bond donors (Lipinski definition) is 0. The van der Waals surface area contributed by atoms with E-state index in [1.165, 1.54) is 18.2 Å². The fourth-order valence-electron chi connectivity index (χ4n) is 2.23. The van der Waals surface area contributed by atoms with Gasteiger partial charge in [0.05, 0.1) is 12.0 Å². The SMILES string of the molecule is O=C1CC(c2ccc(Br)cc2F)Oc2cc(F)ccc21. The van der Waals surface area contributed by atoms with Crippen LogP contribution in [-0.4, -0.2) is 5.78 Å². The van der Waals surface area contributed by atoms with E-state index in [-0.39, 0.29) is 23.5 Å². The lowest BCUT2D eigenvalue weighted by Gasteiger charge is -2.25. The molecule has 0 amide bonds. The molecule has 0 saturated heterocycles. The molecular formula is C15H9BrF2O2. The minimum Gasteiger partial charge on any atom is -0.484 e. The maximum atomic E-state index is 13.9. The summed E-state index contributed by atoms with van der Waals surface area (Å²) >= 11 is 3.17. The summed E-state index contributed by atoms with van der Waals surface area (Å²) in [6.45, 7) is 0. The largest absolute Gasteiger partial charge is 0.484 e. The molecule has 1 heterocycles. The van der Waals surface area contributed by atoms with Crippen molar-refractivity contribution in [2.45, 2.75) is 12.5 Å². The molecule has 2 aromatic rings. The number of ether oxygens (including phenoxy) is 1. The molecule has 1 unspecified atom stereocenters. The highest BCUT2D eigenvalue weighted by Gasteiger charge is 2.29. The highest BCUT2D eigenvalue weighted by Crippen LogP contribution is 2.36. The summed E-state index contributed by atoms with van der Waals surface area (Å²) in [6, 6.07) is 8.29. The van der Waals surface area contributed by atoms with E-state index in [1.807, 2.05) is 0 Å². The van der Waals surface area contributed by atoms with E-state index in [1.54, 1.807) is 12.1 Å². The Kier molecular flexibility index (Phi) is 3.30. The van der Waals surface area contributed by atoms with Crippen molar-refractivity contribution in [1.29, 1.82) is 0 Å². The number of ketones is 1. The zero-order valence-corrected chi connectivity index (χ0v) is 11.8.